The first kappa shape index (κ1) is 18.1. The molecule has 28 heavy (non-hydrogen) atoms. The summed E-state index contributed by atoms with van der Waals surface area (Å²) in [5.74, 6) is -0.222. The quantitative estimate of drug-likeness (QED) is 0.672. The van der Waals surface area contributed by atoms with Gasteiger partial charge in [-0.1, -0.05) is 11.2 Å². The van der Waals surface area contributed by atoms with Crippen LogP contribution in [0.3, 0.4) is 0 Å². The molecule has 1 atom stereocenters. The zero-order chi connectivity index (χ0) is 19.7. The van der Waals surface area contributed by atoms with E-state index in [0.717, 1.165) is 17.4 Å². The number of rotatable bonds is 5. The fourth-order valence-corrected chi connectivity index (χ4v) is 3.20. The molecule has 0 spiro atoms. The van der Waals surface area contributed by atoms with Crippen LogP contribution in [0.1, 0.15) is 23.8 Å². The Kier molecular flexibility index (Phi) is 4.77. The van der Waals surface area contributed by atoms with Crippen molar-refractivity contribution in [3.05, 3.63) is 65.6 Å². The molecule has 8 heteroatoms. The summed E-state index contributed by atoms with van der Waals surface area (Å²) in [7, 11) is 1.59. The van der Waals surface area contributed by atoms with Gasteiger partial charge in [-0.25, -0.2) is 8.78 Å². The predicted molar refractivity (Wildman–Crippen MR) is 95.4 cm³/mol. The molecule has 0 aliphatic carbocycles. The lowest BCUT2D eigenvalue weighted by molar-refractivity contribution is -0.128. The fourth-order valence-electron chi connectivity index (χ4n) is 3.20. The molecule has 1 amide bonds. The maximum atomic E-state index is 13.9. The minimum Gasteiger partial charge on any atom is -0.497 e. The van der Waals surface area contributed by atoms with Gasteiger partial charge < -0.3 is 14.2 Å². The molecule has 1 aliphatic rings. The predicted octanol–water partition coefficient (Wildman–Crippen LogP) is 3.54. The maximum Gasteiger partial charge on any atom is 0.232 e. The Morgan fingerprint density at radius 1 is 1.21 bits per heavy atom. The van der Waals surface area contributed by atoms with E-state index in [4.69, 9.17) is 9.26 Å². The van der Waals surface area contributed by atoms with Gasteiger partial charge in [0.2, 0.25) is 17.6 Å². The van der Waals surface area contributed by atoms with Crippen LogP contribution in [0, 0.1) is 11.6 Å². The number of carbonyl (C=O) groups excluding carboxylic acids is 1. The van der Waals surface area contributed by atoms with Gasteiger partial charge in [0, 0.05) is 36.7 Å². The van der Waals surface area contributed by atoms with Crippen molar-refractivity contribution in [1.82, 2.24) is 15.0 Å². The summed E-state index contributed by atoms with van der Waals surface area (Å²) in [6, 6.07) is 10.6. The highest BCUT2D eigenvalue weighted by atomic mass is 19.1. The van der Waals surface area contributed by atoms with Crippen LogP contribution in [0.5, 0.6) is 5.75 Å². The van der Waals surface area contributed by atoms with E-state index in [1.165, 1.54) is 17.0 Å². The molecule has 1 fully saturated rings. The third-order valence-corrected chi connectivity index (χ3v) is 4.73. The number of benzene rings is 2. The molecule has 1 saturated heterocycles. The van der Waals surface area contributed by atoms with Crippen molar-refractivity contribution in [2.45, 2.75) is 18.9 Å². The van der Waals surface area contributed by atoms with Crippen molar-refractivity contribution in [3.63, 3.8) is 0 Å². The lowest BCUT2D eigenvalue weighted by Gasteiger charge is -2.16. The van der Waals surface area contributed by atoms with Crippen LogP contribution in [0.4, 0.5) is 8.78 Å². The molecule has 1 unspecified atom stereocenters. The molecule has 1 aliphatic heterocycles. The molecule has 2 aromatic carbocycles. The van der Waals surface area contributed by atoms with Gasteiger partial charge in [0.05, 0.1) is 13.0 Å². The second-order valence-corrected chi connectivity index (χ2v) is 6.60. The molecule has 1 aromatic heterocycles. The number of hydrogen-bond acceptors (Lipinski definition) is 5. The summed E-state index contributed by atoms with van der Waals surface area (Å²) in [4.78, 5) is 18.2. The number of methoxy groups -OCH3 is 1. The number of ether oxygens (including phenoxy) is 1. The molecule has 0 N–H and O–H groups in total. The molecule has 2 heterocycles. The SMILES string of the molecule is COc1ccc(-c2noc(C3CC(=O)N(Cc4ccc(F)cc4F)C3)n2)cc1. The Hall–Kier alpha value is -3.29. The van der Waals surface area contributed by atoms with E-state index in [1.54, 1.807) is 19.2 Å². The number of carbonyl (C=O) groups is 1. The van der Waals surface area contributed by atoms with Gasteiger partial charge in [-0.15, -0.1) is 0 Å². The molecule has 4 rings (SSSR count). The number of halogens is 2. The van der Waals surface area contributed by atoms with E-state index >= 15 is 0 Å². The molecule has 0 radical (unpaired) electrons. The first-order valence-electron chi connectivity index (χ1n) is 8.73. The lowest BCUT2D eigenvalue weighted by Crippen LogP contribution is -2.25. The average Bonchev–Trinajstić information content (AvgIpc) is 3.31. The van der Waals surface area contributed by atoms with Crippen molar-refractivity contribution in [2.24, 2.45) is 0 Å². The molecule has 0 saturated carbocycles. The number of aromatic nitrogens is 2. The van der Waals surface area contributed by atoms with Gasteiger partial charge >= 0.3 is 0 Å². The molecule has 3 aromatic rings. The summed E-state index contributed by atoms with van der Waals surface area (Å²) in [6.07, 6.45) is 0.201. The van der Waals surface area contributed by atoms with Crippen molar-refractivity contribution >= 4 is 5.91 Å². The van der Waals surface area contributed by atoms with E-state index in [1.807, 2.05) is 12.1 Å². The highest BCUT2D eigenvalue weighted by Gasteiger charge is 2.34. The topological polar surface area (TPSA) is 68.5 Å². The molecule has 6 nitrogen and oxygen atoms in total. The minimum absolute atomic E-state index is 0.0704. The summed E-state index contributed by atoms with van der Waals surface area (Å²) < 4.78 is 37.4. The minimum atomic E-state index is -0.671. The van der Waals surface area contributed by atoms with Crippen LogP contribution in [0.15, 0.2) is 47.0 Å². The first-order valence-corrected chi connectivity index (χ1v) is 8.73. The number of nitrogens with zero attached hydrogens (tertiary/aromatic N) is 3. The number of likely N-dealkylation sites (tertiary alicyclic amines) is 1. The summed E-state index contributed by atoms with van der Waals surface area (Å²) in [5, 5.41) is 3.99. The fraction of sp³-hybridized carbons (Fsp3) is 0.250. The second-order valence-electron chi connectivity index (χ2n) is 6.60. The zero-order valence-electron chi connectivity index (χ0n) is 15.1. The third-order valence-electron chi connectivity index (χ3n) is 4.73. The van der Waals surface area contributed by atoms with Crippen LogP contribution in [0.25, 0.3) is 11.4 Å². The van der Waals surface area contributed by atoms with Crippen LogP contribution < -0.4 is 4.74 Å². The smallest absolute Gasteiger partial charge is 0.232 e. The maximum absolute atomic E-state index is 13.9. The summed E-state index contributed by atoms with van der Waals surface area (Å²) in [5.41, 5.74) is 1.03. The van der Waals surface area contributed by atoms with Gasteiger partial charge in [0.15, 0.2) is 0 Å². The Morgan fingerprint density at radius 3 is 2.71 bits per heavy atom. The molecule has 0 bridgehead atoms. The molecular weight excluding hydrogens is 368 g/mol. The summed E-state index contributed by atoms with van der Waals surface area (Å²) in [6.45, 7) is 0.404. The lowest BCUT2D eigenvalue weighted by atomic mass is 10.1. The monoisotopic (exact) mass is 385 g/mol. The Labute approximate surface area is 159 Å². The zero-order valence-corrected chi connectivity index (χ0v) is 15.1. The van der Waals surface area contributed by atoms with Crippen molar-refractivity contribution in [2.75, 3.05) is 13.7 Å². The Morgan fingerprint density at radius 2 is 2.00 bits per heavy atom. The van der Waals surface area contributed by atoms with E-state index < -0.39 is 11.6 Å². The highest BCUT2D eigenvalue weighted by molar-refractivity contribution is 5.79. The van der Waals surface area contributed by atoms with E-state index in [-0.39, 0.29) is 30.4 Å². The van der Waals surface area contributed by atoms with E-state index in [2.05, 4.69) is 10.1 Å². The van der Waals surface area contributed by atoms with Crippen molar-refractivity contribution < 1.29 is 22.8 Å². The van der Waals surface area contributed by atoms with E-state index in [0.29, 0.717) is 18.3 Å². The number of hydrogen-bond donors (Lipinski definition) is 0. The van der Waals surface area contributed by atoms with Crippen LogP contribution >= 0.6 is 0 Å². The third kappa shape index (κ3) is 3.58. The van der Waals surface area contributed by atoms with Crippen LogP contribution in [-0.4, -0.2) is 34.6 Å². The Bertz CT molecular complexity index is 1000. The number of amides is 1. The van der Waals surface area contributed by atoms with Gasteiger partial charge in [-0.05, 0) is 30.3 Å². The van der Waals surface area contributed by atoms with Crippen molar-refractivity contribution in [1.29, 1.82) is 0 Å². The van der Waals surface area contributed by atoms with Crippen LogP contribution in [-0.2, 0) is 11.3 Å². The average molecular weight is 385 g/mol. The molecule has 144 valence electrons. The van der Waals surface area contributed by atoms with Crippen LogP contribution in [0.2, 0.25) is 0 Å². The van der Waals surface area contributed by atoms with Gasteiger partial charge in [0.1, 0.15) is 17.4 Å². The van der Waals surface area contributed by atoms with Gasteiger partial charge in [0.25, 0.3) is 0 Å². The standard InChI is InChI=1S/C20H17F2N3O3/c1-27-16-6-3-12(4-7-16)19-23-20(28-24-19)14-8-18(26)25(11-14)10-13-2-5-15(21)9-17(13)22/h2-7,9,14H,8,10-11H2,1H3. The first-order chi connectivity index (χ1) is 13.5. The summed E-state index contributed by atoms with van der Waals surface area (Å²) >= 11 is 0. The normalized spacial score (nSPS) is 16.6. The van der Waals surface area contributed by atoms with Gasteiger partial charge in [-0.3, -0.25) is 4.79 Å². The molecular formula is C20H17F2N3O3. The second kappa shape index (κ2) is 7.38. The van der Waals surface area contributed by atoms with Gasteiger partial charge in [-0.2, -0.15) is 4.98 Å². The Balaban J connectivity index is 1.47. The van der Waals surface area contributed by atoms with E-state index in [9.17, 15) is 13.6 Å². The highest BCUT2D eigenvalue weighted by Crippen LogP contribution is 2.30. The van der Waals surface area contributed by atoms with Crippen molar-refractivity contribution in [3.8, 4) is 17.1 Å². The largest absolute Gasteiger partial charge is 0.497 e.